The van der Waals surface area contributed by atoms with Crippen molar-refractivity contribution in [2.45, 2.75) is 26.9 Å². The van der Waals surface area contributed by atoms with Crippen LogP contribution in [0.4, 0.5) is 5.69 Å². The standard InChI is InChI=1S/C24H32ClN5O2.2ClH/c1-4-26-11-12-30(22-13-21(25)10-9-18(22)2)24(32)15-27-14-23(31)28(3)29-16-19-7-5-6-8-20(19)17-29;;/h5-10,13,26-27H,4,11-12,14-17H2,1-3H3;2*1H. The number of hydrogen-bond donors (Lipinski definition) is 2. The zero-order chi connectivity index (χ0) is 23.1. The van der Waals surface area contributed by atoms with Gasteiger partial charge in [0.1, 0.15) is 0 Å². The van der Waals surface area contributed by atoms with Crippen LogP contribution in [-0.4, -0.2) is 61.6 Å². The predicted molar refractivity (Wildman–Crippen MR) is 143 cm³/mol. The molecule has 10 heteroatoms. The molecule has 0 saturated carbocycles. The third kappa shape index (κ3) is 7.83. The number of halogens is 3. The van der Waals surface area contributed by atoms with Gasteiger partial charge in [0.2, 0.25) is 5.91 Å². The Morgan fingerprint density at radius 3 is 2.24 bits per heavy atom. The minimum absolute atomic E-state index is 0. The molecule has 0 aromatic heterocycles. The molecule has 2 aromatic rings. The lowest BCUT2D eigenvalue weighted by molar-refractivity contribution is -0.145. The fourth-order valence-corrected chi connectivity index (χ4v) is 3.96. The first-order valence-corrected chi connectivity index (χ1v) is 11.3. The van der Waals surface area contributed by atoms with E-state index in [2.05, 4.69) is 22.8 Å². The highest BCUT2D eigenvalue weighted by molar-refractivity contribution is 6.31. The molecule has 188 valence electrons. The largest absolute Gasteiger partial charge is 0.315 e. The Balaban J connectivity index is 0.00000289. The predicted octanol–water partition coefficient (Wildman–Crippen LogP) is 3.41. The van der Waals surface area contributed by atoms with Crippen molar-refractivity contribution in [1.29, 1.82) is 0 Å². The molecule has 1 aliphatic heterocycles. The zero-order valence-corrected chi connectivity index (χ0v) is 22.2. The van der Waals surface area contributed by atoms with Gasteiger partial charge in [-0.25, -0.2) is 5.01 Å². The van der Waals surface area contributed by atoms with Crippen LogP contribution in [0.25, 0.3) is 0 Å². The van der Waals surface area contributed by atoms with Gasteiger partial charge in [0, 0.05) is 43.9 Å². The van der Waals surface area contributed by atoms with Crippen molar-refractivity contribution >= 4 is 53.9 Å². The summed E-state index contributed by atoms with van der Waals surface area (Å²) in [7, 11) is 1.77. The molecule has 2 N–H and O–H groups in total. The van der Waals surface area contributed by atoms with E-state index < -0.39 is 0 Å². The van der Waals surface area contributed by atoms with E-state index in [1.807, 2.05) is 49.2 Å². The number of carbonyl (C=O) groups is 2. The van der Waals surface area contributed by atoms with Crippen LogP contribution >= 0.6 is 36.4 Å². The number of amides is 2. The maximum atomic E-state index is 13.0. The van der Waals surface area contributed by atoms with E-state index in [0.29, 0.717) is 31.2 Å². The molecule has 0 radical (unpaired) electrons. The Bertz CT molecular complexity index is 935. The SMILES string of the molecule is CCNCCN(C(=O)CNCC(=O)N(C)N1Cc2ccccc2C1)c1cc(Cl)ccc1C.Cl.Cl. The lowest BCUT2D eigenvalue weighted by atomic mass is 10.1. The average Bonchev–Trinajstić information content (AvgIpc) is 3.22. The van der Waals surface area contributed by atoms with Crippen LogP contribution in [-0.2, 0) is 22.7 Å². The molecule has 1 heterocycles. The summed E-state index contributed by atoms with van der Waals surface area (Å²) in [6.45, 7) is 7.59. The van der Waals surface area contributed by atoms with Gasteiger partial charge in [-0.2, -0.15) is 0 Å². The monoisotopic (exact) mass is 529 g/mol. The van der Waals surface area contributed by atoms with E-state index in [9.17, 15) is 9.59 Å². The summed E-state index contributed by atoms with van der Waals surface area (Å²) < 4.78 is 0. The maximum absolute atomic E-state index is 13.0. The first kappa shape index (κ1) is 30.2. The average molecular weight is 531 g/mol. The summed E-state index contributed by atoms with van der Waals surface area (Å²) in [5, 5.41) is 10.5. The Kier molecular flexibility index (Phi) is 12.9. The van der Waals surface area contributed by atoms with Crippen molar-refractivity contribution < 1.29 is 9.59 Å². The molecular formula is C24H34Cl3N5O2. The molecule has 0 saturated heterocycles. The van der Waals surface area contributed by atoms with Crippen LogP contribution in [0.15, 0.2) is 42.5 Å². The Morgan fingerprint density at radius 2 is 1.62 bits per heavy atom. The van der Waals surface area contributed by atoms with Crippen molar-refractivity contribution in [2.75, 3.05) is 44.7 Å². The summed E-state index contributed by atoms with van der Waals surface area (Å²) in [6.07, 6.45) is 0. The third-order valence-electron chi connectivity index (χ3n) is 5.69. The van der Waals surface area contributed by atoms with Gasteiger partial charge in [0.25, 0.3) is 5.91 Å². The number of nitrogens with one attached hydrogen (secondary N) is 2. The fourth-order valence-electron chi connectivity index (χ4n) is 3.79. The number of aryl methyl sites for hydroxylation is 1. The van der Waals surface area contributed by atoms with Crippen molar-refractivity contribution in [3.8, 4) is 0 Å². The first-order valence-electron chi connectivity index (χ1n) is 11.0. The lowest BCUT2D eigenvalue weighted by Crippen LogP contribution is -2.47. The van der Waals surface area contributed by atoms with Gasteiger partial charge < -0.3 is 10.2 Å². The summed E-state index contributed by atoms with van der Waals surface area (Å²) >= 11 is 6.18. The molecule has 3 rings (SSSR count). The fraction of sp³-hybridized carbons (Fsp3) is 0.417. The minimum atomic E-state index is -0.0997. The molecule has 0 atom stereocenters. The van der Waals surface area contributed by atoms with Gasteiger partial charge in [0.15, 0.2) is 0 Å². The number of anilines is 1. The van der Waals surface area contributed by atoms with Gasteiger partial charge in [0.05, 0.1) is 13.1 Å². The van der Waals surface area contributed by atoms with E-state index in [1.54, 1.807) is 17.0 Å². The van der Waals surface area contributed by atoms with Gasteiger partial charge >= 0.3 is 0 Å². The van der Waals surface area contributed by atoms with E-state index in [1.165, 1.54) is 11.1 Å². The number of nitrogens with zero attached hydrogens (tertiary/aromatic N) is 3. The molecule has 0 spiro atoms. The second-order valence-electron chi connectivity index (χ2n) is 7.94. The van der Waals surface area contributed by atoms with Crippen LogP contribution in [0.5, 0.6) is 0 Å². The molecule has 34 heavy (non-hydrogen) atoms. The van der Waals surface area contributed by atoms with E-state index in [4.69, 9.17) is 11.6 Å². The molecular weight excluding hydrogens is 497 g/mol. The van der Waals surface area contributed by atoms with Gasteiger partial charge in [-0.15, -0.1) is 24.8 Å². The third-order valence-corrected chi connectivity index (χ3v) is 5.92. The summed E-state index contributed by atoms with van der Waals surface area (Å²) in [4.78, 5) is 27.4. The van der Waals surface area contributed by atoms with Crippen LogP contribution in [0.3, 0.4) is 0 Å². The second-order valence-corrected chi connectivity index (χ2v) is 8.38. The number of benzene rings is 2. The number of likely N-dealkylation sites (N-methyl/N-ethyl adjacent to an activating group) is 2. The number of rotatable bonds is 10. The molecule has 0 aliphatic carbocycles. The molecule has 1 aliphatic rings. The van der Waals surface area contributed by atoms with Crippen molar-refractivity contribution in [1.82, 2.24) is 20.7 Å². The van der Waals surface area contributed by atoms with Crippen LogP contribution in [0.1, 0.15) is 23.6 Å². The quantitative estimate of drug-likeness (QED) is 0.461. The topological polar surface area (TPSA) is 67.9 Å². The van der Waals surface area contributed by atoms with Gasteiger partial charge in [-0.1, -0.05) is 48.9 Å². The van der Waals surface area contributed by atoms with Crippen LogP contribution < -0.4 is 15.5 Å². The number of fused-ring (bicyclic) bond motifs is 1. The van der Waals surface area contributed by atoms with Gasteiger partial charge in [-0.3, -0.25) is 19.9 Å². The van der Waals surface area contributed by atoms with Crippen molar-refractivity contribution in [3.05, 3.63) is 64.2 Å². The highest BCUT2D eigenvalue weighted by atomic mass is 35.5. The Morgan fingerprint density at radius 1 is 1.00 bits per heavy atom. The Labute approximate surface area is 219 Å². The maximum Gasteiger partial charge on any atom is 0.250 e. The molecule has 2 aromatic carbocycles. The smallest absolute Gasteiger partial charge is 0.250 e. The second kappa shape index (κ2) is 14.5. The van der Waals surface area contributed by atoms with Crippen molar-refractivity contribution in [2.24, 2.45) is 0 Å². The molecule has 0 bridgehead atoms. The summed E-state index contributed by atoms with van der Waals surface area (Å²) in [6, 6.07) is 13.7. The van der Waals surface area contributed by atoms with Crippen LogP contribution in [0.2, 0.25) is 5.02 Å². The van der Waals surface area contributed by atoms with Gasteiger partial charge in [-0.05, 0) is 42.3 Å². The van der Waals surface area contributed by atoms with E-state index in [0.717, 1.165) is 17.8 Å². The normalized spacial score (nSPS) is 12.4. The Hall–Kier alpha value is -1.87. The molecule has 2 amide bonds. The van der Waals surface area contributed by atoms with E-state index >= 15 is 0 Å². The lowest BCUT2D eigenvalue weighted by Gasteiger charge is -2.28. The molecule has 0 fully saturated rings. The van der Waals surface area contributed by atoms with Crippen molar-refractivity contribution in [3.63, 3.8) is 0 Å². The minimum Gasteiger partial charge on any atom is -0.315 e. The number of hydrogen-bond acceptors (Lipinski definition) is 5. The molecule has 0 unspecified atom stereocenters. The van der Waals surface area contributed by atoms with Crippen LogP contribution in [0, 0.1) is 6.92 Å². The van der Waals surface area contributed by atoms with E-state index in [-0.39, 0.29) is 49.7 Å². The first-order chi connectivity index (χ1) is 15.4. The highest BCUT2D eigenvalue weighted by Gasteiger charge is 2.25. The summed E-state index contributed by atoms with van der Waals surface area (Å²) in [5.74, 6) is -0.180. The highest BCUT2D eigenvalue weighted by Crippen LogP contribution is 2.25. The summed E-state index contributed by atoms with van der Waals surface area (Å²) in [5.41, 5.74) is 4.25. The number of carbonyl (C=O) groups excluding carboxylic acids is 2. The zero-order valence-electron chi connectivity index (χ0n) is 19.8. The molecule has 7 nitrogen and oxygen atoms in total. The number of hydrazine groups is 1.